The van der Waals surface area contributed by atoms with Gasteiger partial charge in [-0.2, -0.15) is 13.2 Å². The van der Waals surface area contributed by atoms with Crippen LogP contribution in [0.1, 0.15) is 27.2 Å². The minimum absolute atomic E-state index is 0.136. The van der Waals surface area contributed by atoms with Crippen LogP contribution in [0.5, 0.6) is 0 Å². The van der Waals surface area contributed by atoms with Crippen LogP contribution in [-0.4, -0.2) is 15.9 Å². The molecule has 0 aliphatic heterocycles. The Morgan fingerprint density at radius 1 is 1.11 bits per heavy atom. The minimum atomic E-state index is -4.42. The van der Waals surface area contributed by atoms with Gasteiger partial charge >= 0.3 is 6.18 Å². The number of aromatic nitrogens is 2. The van der Waals surface area contributed by atoms with Gasteiger partial charge in [0.15, 0.2) is 5.82 Å². The molecule has 0 radical (unpaired) electrons. The summed E-state index contributed by atoms with van der Waals surface area (Å²) in [6.45, 7) is 1.74. The standard InChI is InChI=1S/C20H15F4N3O/c1-12-17(19(28)26-10-13-3-2-4-16(21)9-13)11-25-18(27-12)14-5-7-15(8-6-14)20(22,23)24/h2-9,11H,10H2,1H3,(H,26,28). The quantitative estimate of drug-likeness (QED) is 0.667. The predicted octanol–water partition coefficient (Wildman–Crippen LogP) is 4.54. The predicted molar refractivity (Wildman–Crippen MR) is 94.8 cm³/mol. The van der Waals surface area contributed by atoms with E-state index in [-0.39, 0.29) is 17.9 Å². The fourth-order valence-electron chi connectivity index (χ4n) is 2.56. The van der Waals surface area contributed by atoms with Crippen molar-refractivity contribution in [3.05, 3.63) is 82.9 Å². The Kier molecular flexibility index (Phi) is 5.39. The Bertz CT molecular complexity index is 1000. The summed E-state index contributed by atoms with van der Waals surface area (Å²) >= 11 is 0. The van der Waals surface area contributed by atoms with Crippen molar-refractivity contribution in [2.24, 2.45) is 0 Å². The van der Waals surface area contributed by atoms with Crippen LogP contribution in [0, 0.1) is 12.7 Å². The molecule has 0 spiro atoms. The van der Waals surface area contributed by atoms with Crippen LogP contribution in [0.4, 0.5) is 17.6 Å². The van der Waals surface area contributed by atoms with Crippen molar-refractivity contribution in [3.63, 3.8) is 0 Å². The molecule has 2 aromatic carbocycles. The van der Waals surface area contributed by atoms with Gasteiger partial charge in [-0.3, -0.25) is 4.79 Å². The van der Waals surface area contributed by atoms with Gasteiger partial charge in [0.25, 0.3) is 5.91 Å². The first-order valence-electron chi connectivity index (χ1n) is 8.28. The molecule has 0 atom stereocenters. The second-order valence-electron chi connectivity index (χ2n) is 6.08. The van der Waals surface area contributed by atoms with E-state index in [4.69, 9.17) is 0 Å². The average molecular weight is 389 g/mol. The lowest BCUT2D eigenvalue weighted by Gasteiger charge is -2.10. The number of rotatable bonds is 4. The highest BCUT2D eigenvalue weighted by Crippen LogP contribution is 2.30. The molecule has 3 aromatic rings. The fraction of sp³-hybridized carbons (Fsp3) is 0.150. The first-order valence-corrected chi connectivity index (χ1v) is 8.28. The molecule has 0 aliphatic rings. The van der Waals surface area contributed by atoms with E-state index < -0.39 is 23.5 Å². The summed E-state index contributed by atoms with van der Waals surface area (Å²) in [5.74, 6) is -0.610. The number of carbonyl (C=O) groups excluding carboxylic acids is 1. The molecule has 144 valence electrons. The van der Waals surface area contributed by atoms with Gasteiger partial charge in [0.2, 0.25) is 0 Å². The zero-order valence-corrected chi connectivity index (χ0v) is 14.7. The molecule has 4 nitrogen and oxygen atoms in total. The summed E-state index contributed by atoms with van der Waals surface area (Å²) in [6.07, 6.45) is -3.10. The molecule has 0 bridgehead atoms. The molecule has 0 unspecified atom stereocenters. The first kappa shape index (κ1) is 19.5. The summed E-state index contributed by atoms with van der Waals surface area (Å²) in [5.41, 5.74) is 0.853. The lowest BCUT2D eigenvalue weighted by molar-refractivity contribution is -0.137. The Morgan fingerprint density at radius 3 is 2.43 bits per heavy atom. The molecule has 8 heteroatoms. The molecule has 1 heterocycles. The Labute approximate surface area is 158 Å². The molecule has 1 aromatic heterocycles. The van der Waals surface area contributed by atoms with Crippen LogP contribution in [-0.2, 0) is 12.7 Å². The summed E-state index contributed by atoms with van der Waals surface area (Å²) in [5, 5.41) is 2.66. The highest BCUT2D eigenvalue weighted by molar-refractivity contribution is 5.95. The molecule has 0 fully saturated rings. The van der Waals surface area contributed by atoms with Gasteiger partial charge in [0, 0.05) is 18.3 Å². The monoisotopic (exact) mass is 389 g/mol. The molecule has 1 N–H and O–H groups in total. The van der Waals surface area contributed by atoms with Crippen molar-refractivity contribution in [3.8, 4) is 11.4 Å². The number of carbonyl (C=O) groups is 1. The van der Waals surface area contributed by atoms with E-state index in [1.165, 1.54) is 30.5 Å². The van der Waals surface area contributed by atoms with Crippen molar-refractivity contribution in [2.45, 2.75) is 19.6 Å². The molecule has 28 heavy (non-hydrogen) atoms. The van der Waals surface area contributed by atoms with Gasteiger partial charge < -0.3 is 5.32 Å². The van der Waals surface area contributed by atoms with E-state index in [0.717, 1.165) is 12.1 Å². The third-order valence-electron chi connectivity index (χ3n) is 4.04. The number of alkyl halides is 3. The number of hydrogen-bond donors (Lipinski definition) is 1. The van der Waals surface area contributed by atoms with Crippen molar-refractivity contribution in [2.75, 3.05) is 0 Å². The van der Waals surface area contributed by atoms with Crippen molar-refractivity contribution in [1.29, 1.82) is 0 Å². The third kappa shape index (κ3) is 4.51. The highest BCUT2D eigenvalue weighted by atomic mass is 19.4. The molecule has 1 amide bonds. The molecule has 0 aliphatic carbocycles. The second-order valence-corrected chi connectivity index (χ2v) is 6.08. The van der Waals surface area contributed by atoms with E-state index in [9.17, 15) is 22.4 Å². The lowest BCUT2D eigenvalue weighted by atomic mass is 10.1. The zero-order valence-electron chi connectivity index (χ0n) is 14.7. The summed E-state index contributed by atoms with van der Waals surface area (Å²) in [6, 6.07) is 10.3. The number of aryl methyl sites for hydroxylation is 1. The van der Waals surface area contributed by atoms with E-state index in [1.54, 1.807) is 19.1 Å². The molecule has 0 saturated heterocycles. The number of amides is 1. The van der Waals surface area contributed by atoms with Crippen LogP contribution in [0.3, 0.4) is 0 Å². The van der Waals surface area contributed by atoms with Crippen LogP contribution < -0.4 is 5.32 Å². The molecule has 3 rings (SSSR count). The number of halogens is 4. The van der Waals surface area contributed by atoms with Gasteiger partial charge in [-0.1, -0.05) is 24.3 Å². The maximum absolute atomic E-state index is 13.2. The van der Waals surface area contributed by atoms with Crippen LogP contribution in [0.15, 0.2) is 54.7 Å². The summed E-state index contributed by atoms with van der Waals surface area (Å²) in [7, 11) is 0. The summed E-state index contributed by atoms with van der Waals surface area (Å²) < 4.78 is 51.1. The van der Waals surface area contributed by atoms with E-state index in [2.05, 4.69) is 15.3 Å². The number of nitrogens with one attached hydrogen (secondary N) is 1. The van der Waals surface area contributed by atoms with Crippen molar-refractivity contribution >= 4 is 5.91 Å². The smallest absolute Gasteiger partial charge is 0.348 e. The van der Waals surface area contributed by atoms with Gasteiger partial charge in [-0.25, -0.2) is 14.4 Å². The van der Waals surface area contributed by atoms with Gasteiger partial charge in [-0.15, -0.1) is 0 Å². The fourth-order valence-corrected chi connectivity index (χ4v) is 2.56. The maximum atomic E-state index is 13.2. The topological polar surface area (TPSA) is 54.9 Å². The normalized spacial score (nSPS) is 11.3. The highest BCUT2D eigenvalue weighted by Gasteiger charge is 2.30. The largest absolute Gasteiger partial charge is 0.416 e. The molecule has 0 saturated carbocycles. The number of hydrogen-bond acceptors (Lipinski definition) is 3. The third-order valence-corrected chi connectivity index (χ3v) is 4.04. The Hall–Kier alpha value is -3.29. The van der Waals surface area contributed by atoms with Gasteiger partial charge in [0.05, 0.1) is 16.8 Å². The summed E-state index contributed by atoms with van der Waals surface area (Å²) in [4.78, 5) is 20.6. The number of nitrogens with zero attached hydrogens (tertiary/aromatic N) is 2. The van der Waals surface area contributed by atoms with Crippen LogP contribution >= 0.6 is 0 Å². The van der Waals surface area contributed by atoms with Gasteiger partial charge in [-0.05, 0) is 36.8 Å². The van der Waals surface area contributed by atoms with E-state index in [1.807, 2.05) is 0 Å². The zero-order chi connectivity index (χ0) is 20.3. The van der Waals surface area contributed by atoms with E-state index >= 15 is 0 Å². The van der Waals surface area contributed by atoms with Crippen molar-refractivity contribution < 1.29 is 22.4 Å². The Balaban J connectivity index is 1.73. The van der Waals surface area contributed by atoms with Gasteiger partial charge in [0.1, 0.15) is 5.82 Å². The Morgan fingerprint density at radius 2 is 1.82 bits per heavy atom. The first-order chi connectivity index (χ1) is 13.2. The molecular weight excluding hydrogens is 374 g/mol. The second kappa shape index (κ2) is 7.75. The lowest BCUT2D eigenvalue weighted by Crippen LogP contribution is -2.24. The SMILES string of the molecule is Cc1nc(-c2ccc(C(F)(F)F)cc2)ncc1C(=O)NCc1cccc(F)c1. The van der Waals surface area contributed by atoms with Crippen LogP contribution in [0.2, 0.25) is 0 Å². The number of benzene rings is 2. The molecular formula is C20H15F4N3O. The van der Waals surface area contributed by atoms with Crippen LogP contribution in [0.25, 0.3) is 11.4 Å². The average Bonchev–Trinajstić information content (AvgIpc) is 2.65. The minimum Gasteiger partial charge on any atom is -0.348 e. The maximum Gasteiger partial charge on any atom is 0.416 e. The van der Waals surface area contributed by atoms with E-state index in [0.29, 0.717) is 16.8 Å². The van der Waals surface area contributed by atoms with Crippen molar-refractivity contribution in [1.82, 2.24) is 15.3 Å².